The third-order valence-electron chi connectivity index (χ3n) is 2.86. The summed E-state index contributed by atoms with van der Waals surface area (Å²) in [4.78, 5) is 23.1. The fourth-order valence-corrected chi connectivity index (χ4v) is 1.89. The van der Waals surface area contributed by atoms with Crippen molar-refractivity contribution in [3.63, 3.8) is 0 Å². The Bertz CT molecular complexity index is 490. The first-order valence-electron chi connectivity index (χ1n) is 6.63. The Morgan fingerprint density at radius 1 is 1.45 bits per heavy atom. The number of esters is 1. The van der Waals surface area contributed by atoms with Gasteiger partial charge in [-0.25, -0.2) is 0 Å². The number of hydrogen-bond donors (Lipinski definition) is 2. The second kappa shape index (κ2) is 6.79. The van der Waals surface area contributed by atoms with Crippen molar-refractivity contribution in [1.29, 1.82) is 0 Å². The molecule has 1 aliphatic rings. The zero-order valence-electron chi connectivity index (χ0n) is 11.3. The molecule has 1 aromatic rings. The number of ether oxygens (including phenoxy) is 2. The normalized spacial score (nSPS) is 16.4. The highest BCUT2D eigenvalue weighted by molar-refractivity contribution is 5.83. The molecule has 1 aliphatic heterocycles. The number of para-hydroxylation sites is 2. The first-order chi connectivity index (χ1) is 9.70. The lowest BCUT2D eigenvalue weighted by molar-refractivity contribution is -0.143. The number of fused-ring (bicyclic) bond motifs is 1. The molecule has 20 heavy (non-hydrogen) atoms. The molecule has 6 heteroatoms. The first-order valence-corrected chi connectivity index (χ1v) is 6.63. The van der Waals surface area contributed by atoms with E-state index in [1.807, 2.05) is 18.2 Å². The maximum absolute atomic E-state index is 11.9. The van der Waals surface area contributed by atoms with Gasteiger partial charge in [-0.2, -0.15) is 0 Å². The van der Waals surface area contributed by atoms with Crippen LogP contribution in [-0.2, 0) is 14.3 Å². The average molecular weight is 278 g/mol. The van der Waals surface area contributed by atoms with Gasteiger partial charge in [0.25, 0.3) is 5.91 Å². The molecular weight excluding hydrogens is 260 g/mol. The summed E-state index contributed by atoms with van der Waals surface area (Å²) in [5.41, 5.74) is 0.878. The van der Waals surface area contributed by atoms with Crippen molar-refractivity contribution >= 4 is 17.6 Å². The third-order valence-corrected chi connectivity index (χ3v) is 2.86. The molecule has 0 radical (unpaired) electrons. The number of hydrogen-bond acceptors (Lipinski definition) is 5. The van der Waals surface area contributed by atoms with E-state index < -0.39 is 6.10 Å². The lowest BCUT2D eigenvalue weighted by Crippen LogP contribution is -2.45. The Hall–Kier alpha value is -2.24. The second-order valence-electron chi connectivity index (χ2n) is 4.33. The highest BCUT2D eigenvalue weighted by atomic mass is 16.5. The van der Waals surface area contributed by atoms with Crippen molar-refractivity contribution in [2.75, 3.05) is 25.0 Å². The van der Waals surface area contributed by atoms with Crippen LogP contribution in [0.1, 0.15) is 13.3 Å². The van der Waals surface area contributed by atoms with E-state index in [2.05, 4.69) is 10.6 Å². The number of rotatable bonds is 5. The summed E-state index contributed by atoms with van der Waals surface area (Å²) in [6.07, 6.45) is -0.428. The van der Waals surface area contributed by atoms with Gasteiger partial charge in [-0.1, -0.05) is 12.1 Å². The predicted molar refractivity (Wildman–Crippen MR) is 73.6 cm³/mol. The third kappa shape index (κ3) is 3.63. The van der Waals surface area contributed by atoms with Gasteiger partial charge in [0.1, 0.15) is 5.75 Å². The maximum Gasteiger partial charge on any atom is 0.307 e. The smallest absolute Gasteiger partial charge is 0.307 e. The molecule has 0 saturated carbocycles. The van der Waals surface area contributed by atoms with Crippen LogP contribution in [0.5, 0.6) is 5.75 Å². The molecule has 0 saturated heterocycles. The van der Waals surface area contributed by atoms with Crippen molar-refractivity contribution < 1.29 is 19.1 Å². The van der Waals surface area contributed by atoms with E-state index in [-0.39, 0.29) is 24.8 Å². The molecule has 0 fully saturated rings. The van der Waals surface area contributed by atoms with Gasteiger partial charge < -0.3 is 20.1 Å². The monoisotopic (exact) mass is 278 g/mol. The van der Waals surface area contributed by atoms with Gasteiger partial charge in [0, 0.05) is 6.54 Å². The number of amides is 1. The molecule has 1 unspecified atom stereocenters. The summed E-state index contributed by atoms with van der Waals surface area (Å²) in [7, 11) is 0. The zero-order valence-corrected chi connectivity index (χ0v) is 11.3. The minimum Gasteiger partial charge on any atom is -0.477 e. The van der Waals surface area contributed by atoms with E-state index in [9.17, 15) is 9.59 Å². The van der Waals surface area contributed by atoms with Crippen molar-refractivity contribution in [1.82, 2.24) is 5.32 Å². The van der Waals surface area contributed by atoms with Gasteiger partial charge in [0.05, 0.1) is 25.3 Å². The van der Waals surface area contributed by atoms with E-state index >= 15 is 0 Å². The molecule has 0 aliphatic carbocycles. The van der Waals surface area contributed by atoms with Gasteiger partial charge in [-0.05, 0) is 19.1 Å². The minimum absolute atomic E-state index is 0.163. The molecule has 0 spiro atoms. The number of carbonyl (C=O) groups excluding carboxylic acids is 2. The standard InChI is InChI=1S/C14H18N2O4/c1-2-19-13(17)7-8-15-14(18)12-9-16-10-5-3-4-6-11(10)20-12/h3-6,12,16H,2,7-9H2,1H3,(H,15,18). The van der Waals surface area contributed by atoms with Gasteiger partial charge in [-0.3, -0.25) is 9.59 Å². The van der Waals surface area contributed by atoms with Crippen molar-refractivity contribution in [3.05, 3.63) is 24.3 Å². The van der Waals surface area contributed by atoms with Gasteiger partial charge in [0.15, 0.2) is 6.10 Å². The Labute approximate surface area is 117 Å². The SMILES string of the molecule is CCOC(=O)CCNC(=O)C1CNc2ccccc2O1. The molecular formula is C14H18N2O4. The lowest BCUT2D eigenvalue weighted by atomic mass is 10.2. The Morgan fingerprint density at radius 3 is 3.05 bits per heavy atom. The lowest BCUT2D eigenvalue weighted by Gasteiger charge is -2.26. The molecule has 2 N–H and O–H groups in total. The highest BCUT2D eigenvalue weighted by Crippen LogP contribution is 2.28. The quantitative estimate of drug-likeness (QED) is 0.784. The van der Waals surface area contributed by atoms with E-state index in [0.717, 1.165) is 5.69 Å². The van der Waals surface area contributed by atoms with Crippen LogP contribution < -0.4 is 15.4 Å². The van der Waals surface area contributed by atoms with Crippen LogP contribution in [0.2, 0.25) is 0 Å². The van der Waals surface area contributed by atoms with Crippen molar-refractivity contribution in [2.24, 2.45) is 0 Å². The summed E-state index contributed by atoms with van der Waals surface area (Å²) in [6, 6.07) is 7.45. The molecule has 108 valence electrons. The van der Waals surface area contributed by atoms with Crippen molar-refractivity contribution in [3.8, 4) is 5.75 Å². The molecule has 1 atom stereocenters. The van der Waals surface area contributed by atoms with Crippen LogP contribution >= 0.6 is 0 Å². The van der Waals surface area contributed by atoms with E-state index in [1.54, 1.807) is 13.0 Å². The summed E-state index contributed by atoms with van der Waals surface area (Å²) in [5.74, 6) is 0.0985. The topological polar surface area (TPSA) is 76.7 Å². The molecule has 6 nitrogen and oxygen atoms in total. The van der Waals surface area contributed by atoms with E-state index in [4.69, 9.17) is 9.47 Å². The van der Waals surface area contributed by atoms with Gasteiger partial charge >= 0.3 is 5.97 Å². The molecule has 1 aromatic carbocycles. The van der Waals surface area contributed by atoms with E-state index in [0.29, 0.717) is 18.9 Å². The molecule has 1 heterocycles. The Morgan fingerprint density at radius 2 is 2.25 bits per heavy atom. The van der Waals surface area contributed by atoms with Gasteiger partial charge in [0.2, 0.25) is 0 Å². The number of anilines is 1. The number of benzene rings is 1. The van der Waals surface area contributed by atoms with E-state index in [1.165, 1.54) is 0 Å². The summed E-state index contributed by atoms with van der Waals surface area (Å²) in [5, 5.41) is 5.80. The summed E-state index contributed by atoms with van der Waals surface area (Å²) in [6.45, 7) is 2.75. The van der Waals surface area contributed by atoms with Crippen LogP contribution in [-0.4, -0.2) is 37.7 Å². The van der Waals surface area contributed by atoms with Gasteiger partial charge in [-0.15, -0.1) is 0 Å². The fourth-order valence-electron chi connectivity index (χ4n) is 1.89. The first kappa shape index (κ1) is 14.2. The molecule has 1 amide bonds. The summed E-state index contributed by atoms with van der Waals surface area (Å²) >= 11 is 0. The van der Waals surface area contributed by atoms with Crippen LogP contribution in [0.15, 0.2) is 24.3 Å². The molecule has 0 aromatic heterocycles. The molecule has 2 rings (SSSR count). The average Bonchev–Trinajstić information content (AvgIpc) is 2.47. The Kier molecular flexibility index (Phi) is 4.81. The highest BCUT2D eigenvalue weighted by Gasteiger charge is 2.25. The van der Waals surface area contributed by atoms with Crippen LogP contribution in [0.3, 0.4) is 0 Å². The zero-order chi connectivity index (χ0) is 14.4. The van der Waals surface area contributed by atoms with Crippen LogP contribution in [0.4, 0.5) is 5.69 Å². The Balaban J connectivity index is 1.78. The number of nitrogens with one attached hydrogen (secondary N) is 2. The molecule has 0 bridgehead atoms. The summed E-state index contributed by atoms with van der Waals surface area (Å²) < 4.78 is 10.4. The maximum atomic E-state index is 11.9. The van der Waals surface area contributed by atoms with Crippen LogP contribution in [0, 0.1) is 0 Å². The number of carbonyl (C=O) groups is 2. The van der Waals surface area contributed by atoms with Crippen LogP contribution in [0.25, 0.3) is 0 Å². The largest absolute Gasteiger partial charge is 0.477 e. The fraction of sp³-hybridized carbons (Fsp3) is 0.429. The minimum atomic E-state index is -0.591. The second-order valence-corrected chi connectivity index (χ2v) is 4.33. The van der Waals surface area contributed by atoms with Crippen molar-refractivity contribution in [2.45, 2.75) is 19.4 Å². The predicted octanol–water partition coefficient (Wildman–Crippen LogP) is 0.929.